The van der Waals surface area contributed by atoms with Gasteiger partial charge in [-0.05, 0) is 36.4 Å². The molecule has 2 aromatic heterocycles. The summed E-state index contributed by atoms with van der Waals surface area (Å²) in [6.07, 6.45) is -2.47. The predicted molar refractivity (Wildman–Crippen MR) is 111 cm³/mol. The van der Waals surface area contributed by atoms with E-state index in [0.29, 0.717) is 10.2 Å². The molecule has 0 unspecified atom stereocenters. The van der Waals surface area contributed by atoms with Crippen LogP contribution in [0.15, 0.2) is 65.8 Å². The van der Waals surface area contributed by atoms with Crippen molar-refractivity contribution in [2.75, 3.05) is 5.32 Å². The molecular formula is C20H11ClF4N4O3S. The third-order valence-corrected chi connectivity index (χ3v) is 6.43. The highest BCUT2D eigenvalue weighted by Crippen LogP contribution is 2.31. The number of carbonyl (C=O) groups is 1. The van der Waals surface area contributed by atoms with Gasteiger partial charge in [-0.15, -0.1) is 0 Å². The molecule has 0 aliphatic carbocycles. The van der Waals surface area contributed by atoms with Crippen LogP contribution in [-0.4, -0.2) is 28.5 Å². The van der Waals surface area contributed by atoms with E-state index in [0.717, 1.165) is 30.5 Å². The van der Waals surface area contributed by atoms with Gasteiger partial charge in [0.1, 0.15) is 16.9 Å². The van der Waals surface area contributed by atoms with Crippen LogP contribution in [0.4, 0.5) is 23.2 Å². The molecule has 0 saturated carbocycles. The number of carbonyl (C=O) groups excluding carboxylic acids is 1. The van der Waals surface area contributed by atoms with Crippen molar-refractivity contribution < 1.29 is 30.8 Å². The fourth-order valence-electron chi connectivity index (χ4n) is 2.99. The molecule has 0 bridgehead atoms. The summed E-state index contributed by atoms with van der Waals surface area (Å²) in [4.78, 5) is 15.8. The lowest BCUT2D eigenvalue weighted by atomic mass is 10.2. The molecule has 0 radical (unpaired) electrons. The molecule has 0 aliphatic heterocycles. The highest BCUT2D eigenvalue weighted by Gasteiger charge is 2.32. The van der Waals surface area contributed by atoms with Gasteiger partial charge in [-0.1, -0.05) is 23.7 Å². The number of aromatic nitrogens is 3. The molecule has 0 fully saturated rings. The van der Waals surface area contributed by atoms with Gasteiger partial charge in [0.25, 0.3) is 15.9 Å². The Labute approximate surface area is 188 Å². The van der Waals surface area contributed by atoms with Crippen LogP contribution in [-0.2, 0) is 16.2 Å². The fraction of sp³-hybridized carbons (Fsp3) is 0.0500. The molecule has 2 heterocycles. The summed E-state index contributed by atoms with van der Waals surface area (Å²) < 4.78 is 79.5. The van der Waals surface area contributed by atoms with Crippen molar-refractivity contribution in [1.29, 1.82) is 0 Å². The monoisotopic (exact) mass is 498 g/mol. The average molecular weight is 499 g/mol. The summed E-state index contributed by atoms with van der Waals surface area (Å²) in [5, 5.41) is 5.95. The van der Waals surface area contributed by atoms with E-state index in [1.807, 2.05) is 0 Å². The van der Waals surface area contributed by atoms with Crippen molar-refractivity contribution in [2.24, 2.45) is 0 Å². The van der Waals surface area contributed by atoms with Crippen molar-refractivity contribution in [2.45, 2.75) is 11.1 Å². The van der Waals surface area contributed by atoms with E-state index < -0.39 is 43.9 Å². The van der Waals surface area contributed by atoms with Crippen molar-refractivity contribution in [3.05, 3.63) is 82.9 Å². The molecule has 0 atom stereocenters. The van der Waals surface area contributed by atoms with Gasteiger partial charge in [0.15, 0.2) is 0 Å². The van der Waals surface area contributed by atoms with Gasteiger partial charge in [0.05, 0.1) is 39.1 Å². The molecule has 4 rings (SSSR count). The lowest BCUT2D eigenvalue weighted by Gasteiger charge is -2.11. The van der Waals surface area contributed by atoms with E-state index in [4.69, 9.17) is 11.6 Å². The third kappa shape index (κ3) is 4.26. The normalized spacial score (nSPS) is 12.2. The second kappa shape index (κ2) is 8.12. The van der Waals surface area contributed by atoms with Gasteiger partial charge in [-0.2, -0.15) is 30.8 Å². The van der Waals surface area contributed by atoms with Crippen molar-refractivity contribution in [1.82, 2.24) is 14.2 Å². The van der Waals surface area contributed by atoms with Crippen molar-refractivity contribution in [3.8, 4) is 0 Å². The van der Waals surface area contributed by atoms with Gasteiger partial charge in [0.2, 0.25) is 0 Å². The summed E-state index contributed by atoms with van der Waals surface area (Å²) in [6, 6.07) is 8.05. The second-order valence-corrected chi connectivity index (χ2v) is 8.87. The Morgan fingerprint density at radius 3 is 2.48 bits per heavy atom. The van der Waals surface area contributed by atoms with Crippen LogP contribution >= 0.6 is 11.6 Å². The quantitative estimate of drug-likeness (QED) is 0.410. The highest BCUT2D eigenvalue weighted by molar-refractivity contribution is 7.90. The Bertz CT molecular complexity index is 1480. The van der Waals surface area contributed by atoms with Gasteiger partial charge < -0.3 is 5.32 Å². The zero-order chi connectivity index (χ0) is 24.0. The number of pyridine rings is 1. The van der Waals surface area contributed by atoms with Crippen LogP contribution in [0.25, 0.3) is 11.0 Å². The molecule has 33 heavy (non-hydrogen) atoms. The molecule has 4 aromatic rings. The van der Waals surface area contributed by atoms with Crippen molar-refractivity contribution >= 4 is 44.3 Å². The molecular weight excluding hydrogens is 488 g/mol. The molecule has 0 aliphatic rings. The Kier molecular flexibility index (Phi) is 5.58. The minimum Gasteiger partial charge on any atom is -0.320 e. The summed E-state index contributed by atoms with van der Waals surface area (Å²) in [6.45, 7) is 0. The van der Waals surface area contributed by atoms with E-state index in [-0.39, 0.29) is 21.7 Å². The Morgan fingerprint density at radius 1 is 1.06 bits per heavy atom. The van der Waals surface area contributed by atoms with Gasteiger partial charge >= 0.3 is 6.18 Å². The minimum atomic E-state index is -4.75. The lowest BCUT2D eigenvalue weighted by molar-refractivity contribution is -0.137. The van der Waals surface area contributed by atoms with Crippen LogP contribution in [0.5, 0.6) is 0 Å². The largest absolute Gasteiger partial charge is 0.416 e. The first-order chi connectivity index (χ1) is 15.5. The molecule has 7 nitrogen and oxygen atoms in total. The maximum atomic E-state index is 14.0. The first-order valence-corrected chi connectivity index (χ1v) is 10.8. The van der Waals surface area contributed by atoms with Crippen LogP contribution in [0.1, 0.15) is 15.9 Å². The Hall–Kier alpha value is -3.51. The van der Waals surface area contributed by atoms with Crippen LogP contribution in [0.2, 0.25) is 5.02 Å². The number of nitrogens with zero attached hydrogens (tertiary/aromatic N) is 3. The summed E-state index contributed by atoms with van der Waals surface area (Å²) in [5.41, 5.74) is -1.62. The Balaban J connectivity index is 1.74. The second-order valence-electron chi connectivity index (χ2n) is 6.70. The smallest absolute Gasteiger partial charge is 0.320 e. The first-order valence-electron chi connectivity index (χ1n) is 9.00. The molecule has 0 spiro atoms. The summed E-state index contributed by atoms with van der Waals surface area (Å²) in [7, 11) is -4.54. The zero-order valence-electron chi connectivity index (χ0n) is 16.1. The topological polar surface area (TPSA) is 93.9 Å². The number of amides is 1. The maximum Gasteiger partial charge on any atom is 0.416 e. The molecule has 0 saturated heterocycles. The molecule has 13 heteroatoms. The van der Waals surface area contributed by atoms with E-state index in [1.165, 1.54) is 24.4 Å². The molecule has 2 aromatic carbocycles. The maximum absolute atomic E-state index is 14.0. The minimum absolute atomic E-state index is 0.0205. The third-order valence-electron chi connectivity index (χ3n) is 4.52. The number of rotatable bonds is 4. The fourth-order valence-corrected chi connectivity index (χ4v) is 4.54. The highest BCUT2D eigenvalue weighted by atomic mass is 35.5. The van der Waals surface area contributed by atoms with Crippen molar-refractivity contribution in [3.63, 3.8) is 0 Å². The standard InChI is InChI=1S/C20H11ClF4N4O3S/c21-14-5-2-6-15(22)18(14)19(30)28-12-8-17-16(26-9-12)10-27-29(17)33(31,32)13-4-1-3-11(7-13)20(23,24)25/h1-10H,(H,28,30). The van der Waals surface area contributed by atoms with Crippen LogP contribution in [0.3, 0.4) is 0 Å². The average Bonchev–Trinajstić information content (AvgIpc) is 3.17. The van der Waals surface area contributed by atoms with E-state index in [1.54, 1.807) is 0 Å². The molecule has 1 amide bonds. The number of hydrogen-bond donors (Lipinski definition) is 1. The van der Waals surface area contributed by atoms with Crippen LogP contribution < -0.4 is 5.32 Å². The number of hydrogen-bond acceptors (Lipinski definition) is 5. The number of halogens is 5. The number of alkyl halides is 3. The molecule has 1 N–H and O–H groups in total. The SMILES string of the molecule is O=C(Nc1cnc2cnn(S(=O)(=O)c3cccc(C(F)(F)F)c3)c2c1)c1c(F)cccc1Cl. The van der Waals surface area contributed by atoms with Gasteiger partial charge in [-0.25, -0.2) is 4.39 Å². The van der Waals surface area contributed by atoms with E-state index in [2.05, 4.69) is 15.4 Å². The number of nitrogens with one attached hydrogen (secondary N) is 1. The first kappa shape index (κ1) is 22.7. The van der Waals surface area contributed by atoms with Gasteiger partial charge in [-0.3, -0.25) is 9.78 Å². The molecule has 170 valence electrons. The lowest BCUT2D eigenvalue weighted by Crippen LogP contribution is -2.17. The number of benzene rings is 2. The van der Waals surface area contributed by atoms with Gasteiger partial charge in [0, 0.05) is 0 Å². The number of anilines is 1. The van der Waals surface area contributed by atoms with Crippen LogP contribution in [0, 0.1) is 5.82 Å². The number of fused-ring (bicyclic) bond motifs is 1. The van der Waals surface area contributed by atoms with E-state index >= 15 is 0 Å². The van der Waals surface area contributed by atoms with E-state index in [9.17, 15) is 30.8 Å². The summed E-state index contributed by atoms with van der Waals surface area (Å²) >= 11 is 5.88. The Morgan fingerprint density at radius 2 is 1.79 bits per heavy atom. The summed E-state index contributed by atoms with van der Waals surface area (Å²) in [5.74, 6) is -1.78. The zero-order valence-corrected chi connectivity index (χ0v) is 17.7. The predicted octanol–water partition coefficient (Wildman–Crippen LogP) is 4.73.